The third-order valence-electron chi connectivity index (χ3n) is 5.86. The Balaban J connectivity index is 1.24. The number of amides is 1. The van der Waals surface area contributed by atoms with Gasteiger partial charge in [0.15, 0.2) is 0 Å². The number of nitrogens with one attached hydrogen (secondary N) is 3. The van der Waals surface area contributed by atoms with Gasteiger partial charge in [-0.1, -0.05) is 12.1 Å². The highest BCUT2D eigenvalue weighted by molar-refractivity contribution is 7.89. The minimum absolute atomic E-state index is 0.223. The molecule has 0 radical (unpaired) electrons. The molecule has 9 heteroatoms. The van der Waals surface area contributed by atoms with Gasteiger partial charge in [-0.25, -0.2) is 8.42 Å². The maximum atomic E-state index is 13.0. The van der Waals surface area contributed by atoms with E-state index in [1.54, 1.807) is 47.0 Å². The monoisotopic (exact) mass is 425 g/mol. The first-order chi connectivity index (χ1) is 14.5. The molecule has 1 amide bonds. The first-order valence-electron chi connectivity index (χ1n) is 10.0. The zero-order valence-electron chi connectivity index (χ0n) is 16.3. The van der Waals surface area contributed by atoms with Crippen molar-refractivity contribution in [2.24, 2.45) is 0 Å². The maximum absolute atomic E-state index is 13.0. The largest absolute Gasteiger partial charge is 0.350 e. The summed E-state index contributed by atoms with van der Waals surface area (Å²) in [7, 11) is -3.50. The van der Waals surface area contributed by atoms with Crippen LogP contribution in [0.4, 0.5) is 0 Å². The van der Waals surface area contributed by atoms with E-state index in [1.807, 2.05) is 6.07 Å². The smallest absolute Gasteiger partial charge is 0.267 e. The molecule has 3 N–H and O–H groups in total. The highest BCUT2D eigenvalue weighted by atomic mass is 32.2. The predicted molar refractivity (Wildman–Crippen MR) is 112 cm³/mol. The number of carbonyl (C=O) groups excluding carboxylic acids is 1. The van der Waals surface area contributed by atoms with Gasteiger partial charge in [-0.2, -0.15) is 4.31 Å². The Morgan fingerprint density at radius 3 is 2.57 bits per heavy atom. The maximum Gasteiger partial charge on any atom is 0.267 e. The molecular formula is C21H23N5O3S. The van der Waals surface area contributed by atoms with Crippen molar-refractivity contribution in [2.75, 3.05) is 13.1 Å². The molecule has 2 bridgehead atoms. The second kappa shape index (κ2) is 7.50. The molecule has 0 saturated carbocycles. The lowest BCUT2D eigenvalue weighted by Crippen LogP contribution is -2.52. The number of aromatic nitrogens is 2. The second-order valence-electron chi connectivity index (χ2n) is 7.93. The number of pyridine rings is 1. The lowest BCUT2D eigenvalue weighted by Gasteiger charge is -2.32. The van der Waals surface area contributed by atoms with Gasteiger partial charge in [0.25, 0.3) is 5.91 Å². The Hall–Kier alpha value is -2.75. The molecule has 30 heavy (non-hydrogen) atoms. The van der Waals surface area contributed by atoms with Crippen LogP contribution in [0.2, 0.25) is 0 Å². The van der Waals surface area contributed by atoms with Crippen LogP contribution >= 0.6 is 0 Å². The minimum atomic E-state index is -3.50. The standard InChI is InChI=1S/C21H23N5O3S/c27-21(20-9-15-11-22-8-7-19(15)25-20)23-10-14-1-5-18(6-2-14)30(28,29)26-12-16-3-4-17(13-26)24-16/h1-2,5-9,11,16-17,24-25H,3-4,10,12-13H2,(H,23,27). The molecule has 2 aliphatic rings. The van der Waals surface area contributed by atoms with Crippen molar-refractivity contribution < 1.29 is 13.2 Å². The van der Waals surface area contributed by atoms with Crippen molar-refractivity contribution in [1.82, 2.24) is 24.9 Å². The molecule has 0 spiro atoms. The van der Waals surface area contributed by atoms with Crippen LogP contribution < -0.4 is 10.6 Å². The molecule has 2 saturated heterocycles. The number of fused-ring (bicyclic) bond motifs is 3. The lowest BCUT2D eigenvalue weighted by molar-refractivity contribution is 0.0946. The average molecular weight is 426 g/mol. The van der Waals surface area contributed by atoms with Crippen molar-refractivity contribution >= 4 is 26.8 Å². The normalized spacial score (nSPS) is 21.7. The summed E-state index contributed by atoms with van der Waals surface area (Å²) in [4.78, 5) is 19.8. The summed E-state index contributed by atoms with van der Waals surface area (Å²) in [5, 5.41) is 7.18. The van der Waals surface area contributed by atoms with Gasteiger partial charge in [0.1, 0.15) is 5.69 Å². The number of nitrogens with zero attached hydrogens (tertiary/aromatic N) is 2. The Morgan fingerprint density at radius 1 is 1.13 bits per heavy atom. The summed E-state index contributed by atoms with van der Waals surface area (Å²) >= 11 is 0. The van der Waals surface area contributed by atoms with Crippen LogP contribution in [-0.2, 0) is 16.6 Å². The van der Waals surface area contributed by atoms with Crippen molar-refractivity contribution in [2.45, 2.75) is 36.4 Å². The van der Waals surface area contributed by atoms with Gasteiger partial charge in [0.2, 0.25) is 10.0 Å². The fourth-order valence-electron chi connectivity index (χ4n) is 4.25. The zero-order valence-corrected chi connectivity index (χ0v) is 17.2. The van der Waals surface area contributed by atoms with Crippen LogP contribution in [0.3, 0.4) is 0 Å². The molecular weight excluding hydrogens is 402 g/mol. The number of hydrogen-bond donors (Lipinski definition) is 3. The van der Waals surface area contributed by atoms with E-state index in [0.717, 1.165) is 29.3 Å². The topological polar surface area (TPSA) is 107 Å². The minimum Gasteiger partial charge on any atom is -0.350 e. The van der Waals surface area contributed by atoms with Gasteiger partial charge >= 0.3 is 0 Å². The van der Waals surface area contributed by atoms with Gasteiger partial charge in [-0.3, -0.25) is 9.78 Å². The number of benzene rings is 1. The van der Waals surface area contributed by atoms with Crippen LogP contribution in [0.1, 0.15) is 28.9 Å². The molecule has 8 nitrogen and oxygen atoms in total. The van der Waals surface area contributed by atoms with E-state index in [9.17, 15) is 13.2 Å². The van der Waals surface area contributed by atoms with Crippen LogP contribution in [0.15, 0.2) is 53.7 Å². The Labute approximate surface area is 174 Å². The van der Waals surface area contributed by atoms with Crippen molar-refractivity contribution in [3.05, 3.63) is 60.0 Å². The van der Waals surface area contributed by atoms with Crippen LogP contribution in [0, 0.1) is 0 Å². The van der Waals surface area contributed by atoms with Crippen LogP contribution in [-0.4, -0.2) is 53.8 Å². The van der Waals surface area contributed by atoms with E-state index >= 15 is 0 Å². The molecule has 156 valence electrons. The van der Waals surface area contributed by atoms with Crippen LogP contribution in [0.25, 0.3) is 10.9 Å². The van der Waals surface area contributed by atoms with E-state index in [-0.39, 0.29) is 18.0 Å². The van der Waals surface area contributed by atoms with Crippen molar-refractivity contribution in [3.63, 3.8) is 0 Å². The van der Waals surface area contributed by atoms with E-state index in [1.165, 1.54) is 0 Å². The highest BCUT2D eigenvalue weighted by Gasteiger charge is 2.38. The number of H-pyrrole nitrogens is 1. The van der Waals surface area contributed by atoms with E-state index < -0.39 is 10.0 Å². The van der Waals surface area contributed by atoms with Crippen molar-refractivity contribution in [1.29, 1.82) is 0 Å². The molecule has 2 atom stereocenters. The summed E-state index contributed by atoms with van der Waals surface area (Å²) in [6, 6.07) is 10.8. The summed E-state index contributed by atoms with van der Waals surface area (Å²) in [5.74, 6) is -0.223. The molecule has 4 heterocycles. The van der Waals surface area contributed by atoms with Gasteiger partial charge in [0, 0.05) is 55.0 Å². The number of carbonyl (C=O) groups is 1. The number of piperazine rings is 1. The SMILES string of the molecule is O=C(NCc1ccc(S(=O)(=O)N2CC3CCC(C2)N3)cc1)c1cc2cnccc2[nH]1. The Kier molecular flexibility index (Phi) is 4.80. The van der Waals surface area contributed by atoms with Gasteiger partial charge < -0.3 is 15.6 Å². The average Bonchev–Trinajstić information content (AvgIpc) is 3.34. The quantitative estimate of drug-likeness (QED) is 0.576. The predicted octanol–water partition coefficient (Wildman–Crippen LogP) is 1.62. The highest BCUT2D eigenvalue weighted by Crippen LogP contribution is 2.25. The van der Waals surface area contributed by atoms with E-state index in [2.05, 4.69) is 20.6 Å². The number of sulfonamides is 1. The molecule has 2 aliphatic heterocycles. The zero-order chi connectivity index (χ0) is 20.7. The fourth-order valence-corrected chi connectivity index (χ4v) is 5.78. The molecule has 2 fully saturated rings. The lowest BCUT2D eigenvalue weighted by atomic mass is 10.2. The molecule has 3 aromatic rings. The number of rotatable bonds is 5. The fraction of sp³-hybridized carbons (Fsp3) is 0.333. The van der Waals surface area contributed by atoms with E-state index in [0.29, 0.717) is 30.2 Å². The summed E-state index contributed by atoms with van der Waals surface area (Å²) in [6.07, 6.45) is 5.43. The van der Waals surface area contributed by atoms with Crippen molar-refractivity contribution in [3.8, 4) is 0 Å². The summed E-state index contributed by atoms with van der Waals surface area (Å²) in [5.41, 5.74) is 2.15. The molecule has 2 unspecified atom stereocenters. The summed E-state index contributed by atoms with van der Waals surface area (Å²) in [6.45, 7) is 1.36. The third-order valence-corrected chi connectivity index (χ3v) is 7.71. The van der Waals surface area contributed by atoms with Gasteiger partial charge in [0.05, 0.1) is 4.90 Å². The third kappa shape index (κ3) is 3.60. The first-order valence-corrected chi connectivity index (χ1v) is 11.5. The molecule has 2 aromatic heterocycles. The molecule has 1 aromatic carbocycles. The second-order valence-corrected chi connectivity index (χ2v) is 9.87. The van der Waals surface area contributed by atoms with Gasteiger partial charge in [-0.05, 0) is 42.7 Å². The van der Waals surface area contributed by atoms with Gasteiger partial charge in [-0.15, -0.1) is 0 Å². The molecule has 0 aliphatic carbocycles. The molecule has 5 rings (SSSR count). The Bertz CT molecular complexity index is 1140. The number of hydrogen-bond acceptors (Lipinski definition) is 5. The number of aromatic amines is 1. The van der Waals surface area contributed by atoms with Crippen LogP contribution in [0.5, 0.6) is 0 Å². The first kappa shape index (κ1) is 19.2. The summed E-state index contributed by atoms with van der Waals surface area (Å²) < 4.78 is 27.5. The Morgan fingerprint density at radius 2 is 1.87 bits per heavy atom. The van der Waals surface area contributed by atoms with E-state index in [4.69, 9.17) is 0 Å².